The third-order valence-electron chi connectivity index (χ3n) is 4.22. The molecule has 0 unspecified atom stereocenters. The van der Waals surface area contributed by atoms with Gasteiger partial charge in [-0.1, -0.05) is 30.3 Å². The zero-order valence-electron chi connectivity index (χ0n) is 13.0. The summed E-state index contributed by atoms with van der Waals surface area (Å²) >= 11 is 1.48. The fourth-order valence-corrected chi connectivity index (χ4v) is 3.72. The molecule has 1 aliphatic rings. The number of carbonyl (C=O) groups excluding carboxylic acids is 1. The van der Waals surface area contributed by atoms with E-state index in [-0.39, 0.29) is 5.91 Å². The first kappa shape index (κ1) is 15.2. The minimum Gasteiger partial charge on any atom is -0.338 e. The van der Waals surface area contributed by atoms with Gasteiger partial charge in [-0.25, -0.2) is 4.98 Å². The highest BCUT2D eigenvalue weighted by atomic mass is 32.1. The van der Waals surface area contributed by atoms with E-state index >= 15 is 0 Å². The van der Waals surface area contributed by atoms with Crippen LogP contribution in [-0.2, 0) is 0 Å². The summed E-state index contributed by atoms with van der Waals surface area (Å²) in [5, 5.41) is 0.909. The first-order chi connectivity index (χ1) is 10.6. The van der Waals surface area contributed by atoms with Gasteiger partial charge in [-0.15, -0.1) is 11.3 Å². The highest BCUT2D eigenvalue weighted by Crippen LogP contribution is 2.26. The molecule has 0 saturated carbocycles. The summed E-state index contributed by atoms with van der Waals surface area (Å²) in [6, 6.07) is 10.6. The Morgan fingerprint density at radius 3 is 2.55 bits per heavy atom. The molecule has 2 heterocycles. The molecule has 1 aliphatic heterocycles. The van der Waals surface area contributed by atoms with Crippen molar-refractivity contribution in [3.8, 4) is 10.6 Å². The number of aromatic nitrogens is 1. The fourth-order valence-electron chi connectivity index (χ4n) is 2.83. The largest absolute Gasteiger partial charge is 0.338 e. The van der Waals surface area contributed by atoms with Gasteiger partial charge < -0.3 is 9.80 Å². The summed E-state index contributed by atoms with van der Waals surface area (Å²) in [5.74, 6) is 0.122. The van der Waals surface area contributed by atoms with Gasteiger partial charge in [0.25, 0.3) is 5.91 Å². The van der Waals surface area contributed by atoms with E-state index in [2.05, 4.69) is 24.0 Å². The number of nitrogens with zero attached hydrogens (tertiary/aromatic N) is 3. The summed E-state index contributed by atoms with van der Waals surface area (Å²) in [7, 11) is 4.22. The van der Waals surface area contributed by atoms with Crippen LogP contribution in [0.25, 0.3) is 10.6 Å². The fraction of sp³-hybridized carbons (Fsp3) is 0.412. The van der Waals surface area contributed by atoms with Gasteiger partial charge in [0.15, 0.2) is 0 Å². The predicted molar refractivity (Wildman–Crippen MR) is 90.2 cm³/mol. The Bertz CT molecular complexity index is 630. The van der Waals surface area contributed by atoms with Gasteiger partial charge in [0.2, 0.25) is 0 Å². The Morgan fingerprint density at radius 1 is 1.23 bits per heavy atom. The molecule has 3 rings (SSSR count). The van der Waals surface area contributed by atoms with Crippen LogP contribution in [0.5, 0.6) is 0 Å². The maximum atomic E-state index is 12.6. The van der Waals surface area contributed by atoms with E-state index in [0.717, 1.165) is 41.4 Å². The minimum absolute atomic E-state index is 0.122. The molecule has 0 atom stereocenters. The number of hydrogen-bond acceptors (Lipinski definition) is 4. The van der Waals surface area contributed by atoms with E-state index in [1.807, 2.05) is 35.2 Å². The lowest BCUT2D eigenvalue weighted by atomic mass is 10.0. The maximum Gasteiger partial charge on any atom is 0.265 e. The average molecular weight is 315 g/mol. The molecule has 1 saturated heterocycles. The maximum absolute atomic E-state index is 12.6. The summed E-state index contributed by atoms with van der Waals surface area (Å²) in [4.78, 5) is 22.0. The molecule has 0 aliphatic carbocycles. The standard InChI is InChI=1S/C17H21N3OS/c1-19(2)14-8-10-20(11-9-14)17(21)15-12-18-16(22-15)13-6-4-3-5-7-13/h3-7,12,14H,8-11H2,1-2H3. The van der Waals surface area contributed by atoms with Crippen LogP contribution in [-0.4, -0.2) is 53.9 Å². The predicted octanol–water partition coefficient (Wildman–Crippen LogP) is 2.98. The second-order valence-electron chi connectivity index (χ2n) is 5.88. The van der Waals surface area contributed by atoms with Crippen molar-refractivity contribution in [2.75, 3.05) is 27.2 Å². The Hall–Kier alpha value is -1.72. The van der Waals surface area contributed by atoms with Gasteiger partial charge in [0.05, 0.1) is 6.20 Å². The molecule has 1 aromatic carbocycles. The van der Waals surface area contributed by atoms with Gasteiger partial charge in [-0.3, -0.25) is 4.79 Å². The number of carbonyl (C=O) groups is 1. The van der Waals surface area contributed by atoms with E-state index in [9.17, 15) is 4.79 Å². The Kier molecular flexibility index (Phi) is 4.55. The lowest BCUT2D eigenvalue weighted by Crippen LogP contribution is -2.44. The van der Waals surface area contributed by atoms with E-state index in [0.29, 0.717) is 6.04 Å². The molecule has 1 fully saturated rings. The molecular formula is C17H21N3OS. The average Bonchev–Trinajstić information content (AvgIpc) is 3.05. The van der Waals surface area contributed by atoms with E-state index in [1.54, 1.807) is 6.20 Å². The highest BCUT2D eigenvalue weighted by Gasteiger charge is 2.25. The zero-order valence-corrected chi connectivity index (χ0v) is 13.8. The quantitative estimate of drug-likeness (QED) is 0.874. The van der Waals surface area contributed by atoms with Crippen molar-refractivity contribution in [3.05, 3.63) is 41.4 Å². The molecule has 1 amide bonds. The molecule has 1 aromatic heterocycles. The molecular weight excluding hydrogens is 294 g/mol. The lowest BCUT2D eigenvalue weighted by Gasteiger charge is -2.34. The van der Waals surface area contributed by atoms with Crippen molar-refractivity contribution in [3.63, 3.8) is 0 Å². The lowest BCUT2D eigenvalue weighted by molar-refractivity contribution is 0.0668. The van der Waals surface area contributed by atoms with Crippen LogP contribution >= 0.6 is 11.3 Å². The van der Waals surface area contributed by atoms with Crippen molar-refractivity contribution in [2.45, 2.75) is 18.9 Å². The first-order valence-electron chi connectivity index (χ1n) is 7.62. The SMILES string of the molecule is CN(C)C1CCN(C(=O)c2cnc(-c3ccccc3)s2)CC1. The smallest absolute Gasteiger partial charge is 0.265 e. The van der Waals surface area contributed by atoms with Gasteiger partial charge in [0, 0.05) is 24.7 Å². The molecule has 0 radical (unpaired) electrons. The van der Waals surface area contributed by atoms with Crippen LogP contribution < -0.4 is 0 Å². The minimum atomic E-state index is 0.122. The number of likely N-dealkylation sites (tertiary alicyclic amines) is 1. The molecule has 0 bridgehead atoms. The van der Waals surface area contributed by atoms with Crippen molar-refractivity contribution in [1.29, 1.82) is 0 Å². The number of piperidine rings is 1. The van der Waals surface area contributed by atoms with E-state index < -0.39 is 0 Å². The number of benzene rings is 1. The molecule has 2 aromatic rings. The second kappa shape index (κ2) is 6.58. The molecule has 0 N–H and O–H groups in total. The Morgan fingerprint density at radius 2 is 1.91 bits per heavy atom. The second-order valence-corrected chi connectivity index (χ2v) is 6.91. The molecule has 5 heteroatoms. The molecule has 116 valence electrons. The van der Waals surface area contributed by atoms with E-state index in [1.165, 1.54) is 11.3 Å². The summed E-state index contributed by atoms with van der Waals surface area (Å²) in [6.45, 7) is 1.67. The van der Waals surface area contributed by atoms with Gasteiger partial charge in [-0.2, -0.15) is 0 Å². The first-order valence-corrected chi connectivity index (χ1v) is 8.44. The Labute approximate surface area is 135 Å². The van der Waals surface area contributed by atoms with Crippen LogP contribution in [0.4, 0.5) is 0 Å². The van der Waals surface area contributed by atoms with Gasteiger partial charge >= 0.3 is 0 Å². The summed E-state index contributed by atoms with van der Waals surface area (Å²) < 4.78 is 0. The monoisotopic (exact) mass is 315 g/mol. The molecule has 0 spiro atoms. The molecule has 4 nitrogen and oxygen atoms in total. The number of hydrogen-bond donors (Lipinski definition) is 0. The number of rotatable bonds is 3. The van der Waals surface area contributed by atoms with Gasteiger partial charge in [-0.05, 0) is 26.9 Å². The highest BCUT2D eigenvalue weighted by molar-refractivity contribution is 7.16. The zero-order chi connectivity index (χ0) is 15.5. The third-order valence-corrected chi connectivity index (χ3v) is 5.25. The van der Waals surface area contributed by atoms with E-state index in [4.69, 9.17) is 0 Å². The van der Waals surface area contributed by atoms with Crippen molar-refractivity contribution >= 4 is 17.2 Å². The van der Waals surface area contributed by atoms with Gasteiger partial charge in [0.1, 0.15) is 9.88 Å². The topological polar surface area (TPSA) is 36.4 Å². The number of amides is 1. The van der Waals surface area contributed by atoms with Crippen LogP contribution in [0.15, 0.2) is 36.5 Å². The van der Waals surface area contributed by atoms with Crippen LogP contribution in [0.2, 0.25) is 0 Å². The number of thiazole rings is 1. The Balaban J connectivity index is 1.68. The normalized spacial score (nSPS) is 16.2. The van der Waals surface area contributed by atoms with Crippen molar-refractivity contribution < 1.29 is 4.79 Å². The van der Waals surface area contributed by atoms with Crippen LogP contribution in [0.1, 0.15) is 22.5 Å². The van der Waals surface area contributed by atoms with Crippen molar-refractivity contribution in [1.82, 2.24) is 14.8 Å². The summed E-state index contributed by atoms with van der Waals surface area (Å²) in [5.41, 5.74) is 1.07. The third kappa shape index (κ3) is 3.20. The van der Waals surface area contributed by atoms with Crippen molar-refractivity contribution in [2.24, 2.45) is 0 Å². The summed E-state index contributed by atoms with van der Waals surface area (Å²) in [6.07, 6.45) is 3.81. The van der Waals surface area contributed by atoms with Crippen LogP contribution in [0.3, 0.4) is 0 Å². The van der Waals surface area contributed by atoms with Crippen LogP contribution in [0, 0.1) is 0 Å². The molecule has 22 heavy (non-hydrogen) atoms.